The van der Waals surface area contributed by atoms with Crippen LogP contribution in [-0.4, -0.2) is 22.5 Å². The molecule has 2 aromatic heterocycles. The standard InChI is InChI=1S/C24H20ClN3O2S/c1-15-10-19(11-16(2)23(15)25)30-13-22(29)27-18-7-5-6-17(12-18)21-14-31-24(28-21)20-8-3-4-9-26-20/h3-12,14H,13H2,1-2H3,(H,27,29). The van der Waals surface area contributed by atoms with Crippen LogP contribution >= 0.6 is 22.9 Å². The van der Waals surface area contributed by atoms with Crippen molar-refractivity contribution in [1.29, 1.82) is 0 Å². The molecule has 1 amide bonds. The number of nitrogens with zero attached hydrogens (tertiary/aromatic N) is 2. The van der Waals surface area contributed by atoms with E-state index in [-0.39, 0.29) is 12.5 Å². The highest BCUT2D eigenvalue weighted by Crippen LogP contribution is 2.29. The zero-order chi connectivity index (χ0) is 21.8. The lowest BCUT2D eigenvalue weighted by Gasteiger charge is -2.11. The summed E-state index contributed by atoms with van der Waals surface area (Å²) in [6.07, 6.45) is 1.75. The van der Waals surface area contributed by atoms with Crippen molar-refractivity contribution in [2.24, 2.45) is 0 Å². The fourth-order valence-electron chi connectivity index (χ4n) is 3.10. The normalized spacial score (nSPS) is 10.7. The Balaban J connectivity index is 1.42. The predicted molar refractivity (Wildman–Crippen MR) is 126 cm³/mol. The van der Waals surface area contributed by atoms with Crippen LogP contribution < -0.4 is 10.1 Å². The number of thiazole rings is 1. The van der Waals surface area contributed by atoms with Gasteiger partial charge in [0.25, 0.3) is 5.91 Å². The number of hydrogen-bond donors (Lipinski definition) is 1. The Morgan fingerprint density at radius 2 is 1.87 bits per heavy atom. The van der Waals surface area contributed by atoms with Crippen molar-refractivity contribution < 1.29 is 9.53 Å². The second-order valence-electron chi connectivity index (χ2n) is 7.04. The summed E-state index contributed by atoms with van der Waals surface area (Å²) in [4.78, 5) is 21.4. The molecule has 7 heteroatoms. The molecule has 2 heterocycles. The maximum Gasteiger partial charge on any atom is 0.262 e. The molecule has 0 radical (unpaired) electrons. The largest absolute Gasteiger partial charge is 0.484 e. The first-order valence-electron chi connectivity index (χ1n) is 9.66. The molecule has 0 spiro atoms. The second kappa shape index (κ2) is 9.29. The van der Waals surface area contributed by atoms with Gasteiger partial charge in [-0.05, 0) is 61.4 Å². The first kappa shape index (κ1) is 21.0. The number of hydrogen-bond acceptors (Lipinski definition) is 5. The van der Waals surface area contributed by atoms with Crippen LogP contribution in [-0.2, 0) is 4.79 Å². The van der Waals surface area contributed by atoms with Gasteiger partial charge in [0, 0.05) is 27.9 Å². The topological polar surface area (TPSA) is 64.1 Å². The minimum Gasteiger partial charge on any atom is -0.484 e. The van der Waals surface area contributed by atoms with Crippen molar-refractivity contribution >= 4 is 34.5 Å². The SMILES string of the molecule is Cc1cc(OCC(=O)Nc2cccc(-c3csc(-c4ccccn4)n3)c2)cc(C)c1Cl. The Morgan fingerprint density at radius 3 is 2.61 bits per heavy atom. The van der Waals surface area contributed by atoms with Gasteiger partial charge in [-0.3, -0.25) is 9.78 Å². The summed E-state index contributed by atoms with van der Waals surface area (Å²) >= 11 is 7.71. The molecule has 0 unspecified atom stereocenters. The fraction of sp³-hybridized carbons (Fsp3) is 0.125. The molecule has 4 rings (SSSR count). The van der Waals surface area contributed by atoms with E-state index in [0.29, 0.717) is 16.5 Å². The van der Waals surface area contributed by atoms with Crippen LogP contribution in [0.25, 0.3) is 22.0 Å². The van der Waals surface area contributed by atoms with Crippen LogP contribution in [0.4, 0.5) is 5.69 Å². The number of halogens is 1. The van der Waals surface area contributed by atoms with Crippen LogP contribution in [0.3, 0.4) is 0 Å². The number of ether oxygens (including phenoxy) is 1. The number of aromatic nitrogens is 2. The van der Waals surface area contributed by atoms with Crippen LogP contribution in [0.2, 0.25) is 5.02 Å². The molecule has 0 aliphatic heterocycles. The highest BCUT2D eigenvalue weighted by Gasteiger charge is 2.10. The van der Waals surface area contributed by atoms with Crippen LogP contribution in [0.15, 0.2) is 66.2 Å². The number of carbonyl (C=O) groups excluding carboxylic acids is 1. The zero-order valence-corrected chi connectivity index (χ0v) is 18.6. The van der Waals surface area contributed by atoms with Crippen LogP contribution in [0, 0.1) is 13.8 Å². The first-order valence-corrected chi connectivity index (χ1v) is 10.9. The van der Waals surface area contributed by atoms with Gasteiger partial charge in [0.2, 0.25) is 0 Å². The number of aryl methyl sites for hydroxylation is 2. The Bertz CT molecular complexity index is 1200. The molecule has 0 saturated heterocycles. The summed E-state index contributed by atoms with van der Waals surface area (Å²) in [6.45, 7) is 3.72. The molecule has 0 aliphatic rings. The number of benzene rings is 2. The lowest BCUT2D eigenvalue weighted by molar-refractivity contribution is -0.118. The maximum atomic E-state index is 12.4. The van der Waals surface area contributed by atoms with E-state index >= 15 is 0 Å². The van der Waals surface area contributed by atoms with E-state index in [1.165, 1.54) is 11.3 Å². The average molecular weight is 450 g/mol. The van der Waals surface area contributed by atoms with Gasteiger partial charge in [-0.25, -0.2) is 4.98 Å². The third kappa shape index (κ3) is 5.10. The van der Waals surface area contributed by atoms with Gasteiger partial charge in [-0.2, -0.15) is 0 Å². The molecule has 31 heavy (non-hydrogen) atoms. The van der Waals surface area contributed by atoms with E-state index in [1.807, 2.05) is 73.8 Å². The van der Waals surface area contributed by atoms with Crippen molar-refractivity contribution in [2.75, 3.05) is 11.9 Å². The van der Waals surface area contributed by atoms with Crippen molar-refractivity contribution in [1.82, 2.24) is 9.97 Å². The van der Waals surface area contributed by atoms with Gasteiger partial charge < -0.3 is 10.1 Å². The molecule has 0 saturated carbocycles. The Hall–Kier alpha value is -3.22. The molecule has 0 fully saturated rings. The lowest BCUT2D eigenvalue weighted by Crippen LogP contribution is -2.20. The smallest absolute Gasteiger partial charge is 0.262 e. The van der Waals surface area contributed by atoms with Crippen LogP contribution in [0.5, 0.6) is 5.75 Å². The summed E-state index contributed by atoms with van der Waals surface area (Å²) in [5, 5.41) is 6.42. The molecule has 0 atom stereocenters. The number of nitrogens with one attached hydrogen (secondary N) is 1. The molecule has 2 aromatic carbocycles. The maximum absolute atomic E-state index is 12.4. The molecule has 4 aromatic rings. The molecular weight excluding hydrogens is 430 g/mol. The quantitative estimate of drug-likeness (QED) is 0.383. The van der Waals surface area contributed by atoms with E-state index in [2.05, 4.69) is 15.3 Å². The summed E-state index contributed by atoms with van der Waals surface area (Å²) in [5.41, 5.74) is 5.11. The highest BCUT2D eigenvalue weighted by molar-refractivity contribution is 7.13. The van der Waals surface area contributed by atoms with E-state index in [9.17, 15) is 4.79 Å². The summed E-state index contributed by atoms with van der Waals surface area (Å²) in [6, 6.07) is 17.0. The molecule has 5 nitrogen and oxygen atoms in total. The molecule has 1 N–H and O–H groups in total. The summed E-state index contributed by atoms with van der Waals surface area (Å²) in [7, 11) is 0. The van der Waals surface area contributed by atoms with Crippen molar-refractivity contribution in [2.45, 2.75) is 13.8 Å². The van der Waals surface area contributed by atoms with Gasteiger partial charge in [0.15, 0.2) is 6.61 Å². The van der Waals surface area contributed by atoms with Gasteiger partial charge >= 0.3 is 0 Å². The van der Waals surface area contributed by atoms with Gasteiger partial charge in [-0.1, -0.05) is 29.8 Å². The molecule has 0 aliphatic carbocycles. The molecule has 156 valence electrons. The molecular formula is C24H20ClN3O2S. The van der Waals surface area contributed by atoms with Crippen molar-refractivity contribution in [3.05, 3.63) is 82.3 Å². The number of anilines is 1. The lowest BCUT2D eigenvalue weighted by atomic mass is 10.1. The average Bonchev–Trinajstić information content (AvgIpc) is 3.27. The zero-order valence-electron chi connectivity index (χ0n) is 17.1. The Morgan fingerprint density at radius 1 is 1.06 bits per heavy atom. The van der Waals surface area contributed by atoms with Crippen LogP contribution in [0.1, 0.15) is 11.1 Å². The van der Waals surface area contributed by atoms with E-state index < -0.39 is 0 Å². The summed E-state index contributed by atoms with van der Waals surface area (Å²) in [5.74, 6) is 0.377. The minimum absolute atomic E-state index is 0.0920. The predicted octanol–water partition coefficient (Wildman–Crippen LogP) is 6.16. The van der Waals surface area contributed by atoms with Crippen molar-refractivity contribution in [3.63, 3.8) is 0 Å². The highest BCUT2D eigenvalue weighted by atomic mass is 35.5. The summed E-state index contributed by atoms with van der Waals surface area (Å²) < 4.78 is 5.64. The Kier molecular flexibility index (Phi) is 6.30. The van der Waals surface area contributed by atoms with E-state index in [0.717, 1.165) is 33.1 Å². The molecule has 0 bridgehead atoms. The first-order chi connectivity index (χ1) is 15.0. The third-order valence-electron chi connectivity index (χ3n) is 4.61. The van der Waals surface area contributed by atoms with Gasteiger partial charge in [0.05, 0.1) is 11.4 Å². The van der Waals surface area contributed by atoms with E-state index in [1.54, 1.807) is 6.20 Å². The minimum atomic E-state index is -0.241. The number of pyridine rings is 1. The monoisotopic (exact) mass is 449 g/mol. The number of rotatable bonds is 6. The number of carbonyl (C=O) groups is 1. The van der Waals surface area contributed by atoms with Crippen molar-refractivity contribution in [3.8, 4) is 27.7 Å². The van der Waals surface area contributed by atoms with Gasteiger partial charge in [0.1, 0.15) is 10.8 Å². The fourth-order valence-corrected chi connectivity index (χ4v) is 4.02. The van der Waals surface area contributed by atoms with Gasteiger partial charge in [-0.15, -0.1) is 11.3 Å². The second-order valence-corrected chi connectivity index (χ2v) is 8.28. The van der Waals surface area contributed by atoms with E-state index in [4.69, 9.17) is 16.3 Å². The number of amides is 1. The third-order valence-corrected chi connectivity index (χ3v) is 6.07. The Labute approximate surface area is 189 Å².